The quantitative estimate of drug-likeness (QED) is 0.817. The molecule has 1 fully saturated rings. The zero-order valence-electron chi connectivity index (χ0n) is 11.9. The highest BCUT2D eigenvalue weighted by Gasteiger charge is 2.23. The van der Waals surface area contributed by atoms with E-state index in [2.05, 4.69) is 10.6 Å². The Balaban J connectivity index is 1.69. The van der Waals surface area contributed by atoms with Gasteiger partial charge in [0.05, 0.1) is 6.54 Å². The molecule has 5 heteroatoms. The van der Waals surface area contributed by atoms with E-state index in [9.17, 15) is 9.59 Å². The number of rotatable bonds is 6. The van der Waals surface area contributed by atoms with Crippen LogP contribution in [0.3, 0.4) is 0 Å². The second kappa shape index (κ2) is 6.41. The Morgan fingerprint density at radius 3 is 2.40 bits per heavy atom. The third kappa shape index (κ3) is 4.91. The lowest BCUT2D eigenvalue weighted by Crippen LogP contribution is -2.39. The summed E-state index contributed by atoms with van der Waals surface area (Å²) in [6.45, 7) is 3.87. The van der Waals surface area contributed by atoms with E-state index in [1.807, 2.05) is 32.0 Å². The smallest absolute Gasteiger partial charge is 0.258 e. The molecule has 0 radical (unpaired) electrons. The first-order valence-corrected chi connectivity index (χ1v) is 6.80. The van der Waals surface area contributed by atoms with Crippen molar-refractivity contribution in [2.24, 2.45) is 0 Å². The fourth-order valence-corrected chi connectivity index (χ4v) is 1.90. The van der Waals surface area contributed by atoms with E-state index in [4.69, 9.17) is 4.74 Å². The molecule has 1 saturated carbocycles. The van der Waals surface area contributed by atoms with Gasteiger partial charge in [0, 0.05) is 6.04 Å². The number of amides is 2. The number of hydrogen-bond donors (Lipinski definition) is 2. The van der Waals surface area contributed by atoms with Gasteiger partial charge in [0.2, 0.25) is 5.91 Å². The molecule has 5 nitrogen and oxygen atoms in total. The van der Waals surface area contributed by atoms with Crippen LogP contribution in [-0.2, 0) is 9.59 Å². The molecule has 20 heavy (non-hydrogen) atoms. The van der Waals surface area contributed by atoms with E-state index in [0.717, 1.165) is 24.0 Å². The molecule has 0 unspecified atom stereocenters. The molecule has 0 spiro atoms. The summed E-state index contributed by atoms with van der Waals surface area (Å²) in [5, 5.41) is 5.34. The van der Waals surface area contributed by atoms with Crippen LogP contribution in [0.1, 0.15) is 24.0 Å². The van der Waals surface area contributed by atoms with Crippen LogP contribution in [0.4, 0.5) is 0 Å². The van der Waals surface area contributed by atoms with Crippen molar-refractivity contribution in [1.29, 1.82) is 0 Å². The highest BCUT2D eigenvalue weighted by molar-refractivity contribution is 5.85. The van der Waals surface area contributed by atoms with Gasteiger partial charge in [-0.2, -0.15) is 0 Å². The molecule has 1 aromatic carbocycles. The first kappa shape index (κ1) is 14.4. The van der Waals surface area contributed by atoms with E-state index >= 15 is 0 Å². The number of aryl methyl sites for hydroxylation is 2. The van der Waals surface area contributed by atoms with Gasteiger partial charge < -0.3 is 15.4 Å². The van der Waals surface area contributed by atoms with Gasteiger partial charge in [-0.25, -0.2) is 0 Å². The fraction of sp³-hybridized carbons (Fsp3) is 0.467. The number of carbonyl (C=O) groups excluding carboxylic acids is 2. The van der Waals surface area contributed by atoms with E-state index in [0.29, 0.717) is 11.8 Å². The van der Waals surface area contributed by atoms with Crippen molar-refractivity contribution in [2.45, 2.75) is 32.7 Å². The molecule has 0 aliphatic heterocycles. The molecular formula is C15H20N2O3. The normalized spacial score (nSPS) is 13.7. The maximum absolute atomic E-state index is 11.6. The summed E-state index contributed by atoms with van der Waals surface area (Å²) in [6.07, 6.45) is 2.07. The number of hydrogen-bond acceptors (Lipinski definition) is 3. The monoisotopic (exact) mass is 276 g/mol. The summed E-state index contributed by atoms with van der Waals surface area (Å²) in [5.41, 5.74) is 2.17. The van der Waals surface area contributed by atoms with Gasteiger partial charge in [-0.05, 0) is 49.9 Å². The first-order chi connectivity index (χ1) is 9.52. The van der Waals surface area contributed by atoms with E-state index in [-0.39, 0.29) is 25.0 Å². The second-order valence-electron chi connectivity index (χ2n) is 5.23. The van der Waals surface area contributed by atoms with Crippen LogP contribution < -0.4 is 15.4 Å². The number of carbonyl (C=O) groups is 2. The molecule has 1 aromatic rings. The minimum absolute atomic E-state index is 0.00549. The van der Waals surface area contributed by atoms with Crippen molar-refractivity contribution in [3.8, 4) is 5.75 Å². The van der Waals surface area contributed by atoms with Crippen LogP contribution in [0.15, 0.2) is 18.2 Å². The van der Waals surface area contributed by atoms with Crippen LogP contribution in [-0.4, -0.2) is 31.0 Å². The third-order valence-corrected chi connectivity index (χ3v) is 2.95. The lowest BCUT2D eigenvalue weighted by Gasteiger charge is -2.09. The van der Waals surface area contributed by atoms with Crippen LogP contribution in [0, 0.1) is 13.8 Å². The van der Waals surface area contributed by atoms with Gasteiger partial charge in [0.15, 0.2) is 6.61 Å². The minimum Gasteiger partial charge on any atom is -0.484 e. The van der Waals surface area contributed by atoms with Gasteiger partial charge in [-0.15, -0.1) is 0 Å². The van der Waals surface area contributed by atoms with E-state index in [1.165, 1.54) is 0 Å². The second-order valence-corrected chi connectivity index (χ2v) is 5.23. The molecule has 0 aromatic heterocycles. The maximum atomic E-state index is 11.6. The topological polar surface area (TPSA) is 67.4 Å². The maximum Gasteiger partial charge on any atom is 0.258 e. The summed E-state index contributed by atoms with van der Waals surface area (Å²) >= 11 is 0. The SMILES string of the molecule is Cc1cc(C)cc(OCC(=O)NCC(=O)NC2CC2)c1. The summed E-state index contributed by atoms with van der Waals surface area (Å²) in [6, 6.07) is 6.10. The summed E-state index contributed by atoms with van der Waals surface area (Å²) < 4.78 is 5.41. The van der Waals surface area contributed by atoms with Gasteiger partial charge in [0.25, 0.3) is 5.91 Å². The number of ether oxygens (including phenoxy) is 1. The van der Waals surface area contributed by atoms with E-state index < -0.39 is 0 Å². The summed E-state index contributed by atoms with van der Waals surface area (Å²) in [7, 11) is 0. The zero-order chi connectivity index (χ0) is 14.5. The van der Waals surface area contributed by atoms with Crippen LogP contribution >= 0.6 is 0 Å². The molecule has 0 bridgehead atoms. The number of benzene rings is 1. The average molecular weight is 276 g/mol. The Bertz CT molecular complexity index is 490. The first-order valence-electron chi connectivity index (χ1n) is 6.80. The average Bonchev–Trinajstić information content (AvgIpc) is 3.16. The van der Waals surface area contributed by atoms with Crippen molar-refractivity contribution in [1.82, 2.24) is 10.6 Å². The molecule has 2 rings (SSSR count). The standard InChI is InChI=1S/C15H20N2O3/c1-10-5-11(2)7-13(6-10)20-9-15(19)16-8-14(18)17-12-3-4-12/h5-7,12H,3-4,8-9H2,1-2H3,(H,16,19)(H,17,18). The van der Waals surface area contributed by atoms with Crippen molar-refractivity contribution in [3.63, 3.8) is 0 Å². The Kier molecular flexibility index (Phi) is 4.61. The molecule has 0 heterocycles. The summed E-state index contributed by atoms with van der Waals surface area (Å²) in [4.78, 5) is 23.0. The van der Waals surface area contributed by atoms with E-state index in [1.54, 1.807) is 0 Å². The fourth-order valence-electron chi connectivity index (χ4n) is 1.90. The van der Waals surface area contributed by atoms with Crippen molar-refractivity contribution in [3.05, 3.63) is 29.3 Å². The Hall–Kier alpha value is -2.04. The Morgan fingerprint density at radius 2 is 1.80 bits per heavy atom. The van der Waals surface area contributed by atoms with Crippen LogP contribution in [0.5, 0.6) is 5.75 Å². The largest absolute Gasteiger partial charge is 0.484 e. The van der Waals surface area contributed by atoms with Gasteiger partial charge in [-0.3, -0.25) is 9.59 Å². The summed E-state index contributed by atoms with van der Waals surface area (Å²) in [5.74, 6) is 0.224. The zero-order valence-corrected chi connectivity index (χ0v) is 11.9. The molecule has 0 saturated heterocycles. The molecule has 108 valence electrons. The molecule has 2 amide bonds. The van der Waals surface area contributed by atoms with Crippen LogP contribution in [0.2, 0.25) is 0 Å². The highest BCUT2D eigenvalue weighted by Crippen LogP contribution is 2.18. The van der Waals surface area contributed by atoms with Gasteiger partial charge in [-0.1, -0.05) is 6.07 Å². The van der Waals surface area contributed by atoms with Crippen molar-refractivity contribution < 1.29 is 14.3 Å². The third-order valence-electron chi connectivity index (χ3n) is 2.95. The molecule has 2 N–H and O–H groups in total. The predicted octanol–water partition coefficient (Wildman–Crippen LogP) is 1.08. The lowest BCUT2D eigenvalue weighted by molar-refractivity contribution is -0.127. The van der Waals surface area contributed by atoms with Gasteiger partial charge >= 0.3 is 0 Å². The van der Waals surface area contributed by atoms with Crippen LogP contribution in [0.25, 0.3) is 0 Å². The molecule has 1 aliphatic rings. The van der Waals surface area contributed by atoms with Crippen molar-refractivity contribution >= 4 is 11.8 Å². The van der Waals surface area contributed by atoms with Gasteiger partial charge in [0.1, 0.15) is 5.75 Å². The molecule has 0 atom stereocenters. The van der Waals surface area contributed by atoms with Crippen molar-refractivity contribution in [2.75, 3.05) is 13.2 Å². The highest BCUT2D eigenvalue weighted by atomic mass is 16.5. The molecular weight excluding hydrogens is 256 g/mol. The Labute approximate surface area is 118 Å². The minimum atomic E-state index is -0.296. The lowest BCUT2D eigenvalue weighted by atomic mass is 10.1. The number of nitrogens with one attached hydrogen (secondary N) is 2. The predicted molar refractivity (Wildman–Crippen MR) is 75.6 cm³/mol. The molecule has 1 aliphatic carbocycles. The Morgan fingerprint density at radius 1 is 1.15 bits per heavy atom.